The highest BCUT2D eigenvalue weighted by Gasteiger charge is 2.27. The Hall–Kier alpha value is -0.650. The van der Waals surface area contributed by atoms with Crippen LogP contribution in [-0.4, -0.2) is 48.6 Å². The maximum atomic E-state index is 4.78. The number of nitrogens with one attached hydrogen (secondary N) is 1. The lowest BCUT2D eigenvalue weighted by molar-refractivity contribution is 0.128. The Morgan fingerprint density at radius 1 is 1.20 bits per heavy atom. The van der Waals surface area contributed by atoms with Gasteiger partial charge in [-0.2, -0.15) is 0 Å². The van der Waals surface area contributed by atoms with Crippen LogP contribution in [0, 0.1) is 6.92 Å². The van der Waals surface area contributed by atoms with Gasteiger partial charge in [0.25, 0.3) is 0 Å². The van der Waals surface area contributed by atoms with Crippen LogP contribution in [0.5, 0.6) is 0 Å². The van der Waals surface area contributed by atoms with E-state index < -0.39 is 0 Å². The van der Waals surface area contributed by atoms with Crippen molar-refractivity contribution in [1.82, 2.24) is 15.2 Å². The molecule has 0 saturated carbocycles. The second-order valence-electron chi connectivity index (χ2n) is 6.60. The molecule has 1 aromatic heterocycles. The number of thiazole rings is 1. The van der Waals surface area contributed by atoms with Crippen LogP contribution in [-0.2, 0) is 0 Å². The number of anilines is 1. The third-order valence-electron chi connectivity index (χ3n) is 4.15. The lowest BCUT2D eigenvalue weighted by atomic mass is 10.1. The average molecular weight is 296 g/mol. The lowest BCUT2D eigenvalue weighted by Gasteiger charge is -2.42. The highest BCUT2D eigenvalue weighted by molar-refractivity contribution is 7.15. The molecule has 5 heteroatoms. The molecule has 1 saturated heterocycles. The fourth-order valence-electron chi connectivity index (χ4n) is 2.63. The van der Waals surface area contributed by atoms with Gasteiger partial charge >= 0.3 is 0 Å². The van der Waals surface area contributed by atoms with E-state index in [0.717, 1.165) is 26.2 Å². The van der Waals surface area contributed by atoms with E-state index in [1.807, 2.05) is 18.4 Å². The fourth-order valence-corrected chi connectivity index (χ4v) is 3.81. The van der Waals surface area contributed by atoms with E-state index in [1.165, 1.54) is 15.7 Å². The first-order valence-electron chi connectivity index (χ1n) is 7.47. The van der Waals surface area contributed by atoms with E-state index in [0.29, 0.717) is 6.04 Å². The van der Waals surface area contributed by atoms with Gasteiger partial charge in [-0.1, -0.05) is 0 Å². The van der Waals surface area contributed by atoms with Crippen molar-refractivity contribution in [1.29, 1.82) is 0 Å². The Kier molecular flexibility index (Phi) is 4.72. The molecule has 0 bridgehead atoms. The molecule has 0 aromatic carbocycles. The summed E-state index contributed by atoms with van der Waals surface area (Å²) >= 11 is 1.84. The monoisotopic (exact) mass is 296 g/mol. The molecule has 0 radical (unpaired) electrons. The Morgan fingerprint density at radius 3 is 2.30 bits per heavy atom. The summed E-state index contributed by atoms with van der Waals surface area (Å²) in [6, 6.07) is 0.386. The van der Waals surface area contributed by atoms with E-state index in [1.54, 1.807) is 0 Å². The smallest absolute Gasteiger partial charge is 0.185 e. The number of aromatic nitrogens is 1. The summed E-state index contributed by atoms with van der Waals surface area (Å²) in [4.78, 5) is 11.1. The number of nitrogens with zero attached hydrogens (tertiary/aromatic N) is 3. The summed E-state index contributed by atoms with van der Waals surface area (Å²) in [5.41, 5.74) is 1.45. The molecule has 1 fully saturated rings. The first kappa shape index (κ1) is 15.7. The van der Waals surface area contributed by atoms with Gasteiger partial charge in [-0.3, -0.25) is 4.90 Å². The molecule has 4 nitrogen and oxygen atoms in total. The number of hydrogen-bond acceptors (Lipinski definition) is 5. The van der Waals surface area contributed by atoms with Gasteiger partial charge in [0, 0.05) is 42.6 Å². The molecule has 0 aliphatic carbocycles. The lowest BCUT2D eigenvalue weighted by Crippen LogP contribution is -2.53. The highest BCUT2D eigenvalue weighted by atomic mass is 32.1. The molecule has 1 aliphatic rings. The van der Waals surface area contributed by atoms with Crippen LogP contribution in [0.3, 0.4) is 0 Å². The number of aryl methyl sites for hydroxylation is 1. The summed E-state index contributed by atoms with van der Waals surface area (Å²) < 4.78 is 0. The van der Waals surface area contributed by atoms with Gasteiger partial charge in [-0.15, -0.1) is 11.3 Å². The molecule has 1 aliphatic heterocycles. The molecule has 1 unspecified atom stereocenters. The van der Waals surface area contributed by atoms with Gasteiger partial charge in [0.05, 0.1) is 5.69 Å². The normalized spacial score (nSPS) is 19.4. The maximum Gasteiger partial charge on any atom is 0.185 e. The summed E-state index contributed by atoms with van der Waals surface area (Å²) in [6.07, 6.45) is 0. The van der Waals surface area contributed by atoms with E-state index >= 15 is 0 Å². The van der Waals surface area contributed by atoms with Crippen molar-refractivity contribution >= 4 is 16.5 Å². The van der Waals surface area contributed by atoms with Crippen molar-refractivity contribution in [2.75, 3.05) is 38.1 Å². The maximum absolute atomic E-state index is 4.78. The standard InChI is InChI=1S/C15H28N4S/c1-11(16-6)13-12(2)17-14(20-13)18-7-9-19(10-8-18)15(3,4)5/h11,16H,7-10H2,1-6H3. The first-order valence-corrected chi connectivity index (χ1v) is 8.29. The zero-order valence-corrected chi connectivity index (χ0v) is 14.5. The van der Waals surface area contributed by atoms with Crippen LogP contribution in [0.15, 0.2) is 0 Å². The van der Waals surface area contributed by atoms with E-state index in [2.05, 4.69) is 49.7 Å². The molecule has 0 spiro atoms. The van der Waals surface area contributed by atoms with Gasteiger partial charge in [0.1, 0.15) is 0 Å². The Morgan fingerprint density at radius 2 is 1.80 bits per heavy atom. The number of piperazine rings is 1. The second-order valence-corrected chi connectivity index (χ2v) is 7.61. The van der Waals surface area contributed by atoms with Crippen molar-refractivity contribution in [3.05, 3.63) is 10.6 Å². The van der Waals surface area contributed by atoms with Crippen LogP contribution in [0.25, 0.3) is 0 Å². The molecule has 2 rings (SSSR count). The van der Waals surface area contributed by atoms with Gasteiger partial charge in [0.15, 0.2) is 5.13 Å². The van der Waals surface area contributed by atoms with E-state index in [9.17, 15) is 0 Å². The Labute approximate surface area is 127 Å². The molecule has 1 atom stereocenters. The minimum absolute atomic E-state index is 0.274. The summed E-state index contributed by atoms with van der Waals surface area (Å²) in [5.74, 6) is 0. The van der Waals surface area contributed by atoms with E-state index in [4.69, 9.17) is 4.98 Å². The SMILES string of the molecule is CNC(C)c1sc(N2CCN(C(C)(C)C)CC2)nc1C. The van der Waals surface area contributed by atoms with Crippen molar-refractivity contribution in [3.63, 3.8) is 0 Å². The zero-order chi connectivity index (χ0) is 14.9. The molecule has 1 aromatic rings. The minimum Gasteiger partial charge on any atom is -0.346 e. The predicted octanol–water partition coefficient (Wildman–Crippen LogP) is 2.65. The van der Waals surface area contributed by atoms with Crippen LogP contribution in [0.2, 0.25) is 0 Å². The molecular formula is C15H28N4S. The van der Waals surface area contributed by atoms with Gasteiger partial charge in [-0.05, 0) is 41.7 Å². The average Bonchev–Trinajstić information content (AvgIpc) is 2.79. The topological polar surface area (TPSA) is 31.4 Å². The van der Waals surface area contributed by atoms with Crippen LogP contribution < -0.4 is 10.2 Å². The van der Waals surface area contributed by atoms with Crippen molar-refractivity contribution in [2.45, 2.75) is 46.2 Å². The Balaban J connectivity index is 2.04. The third-order valence-corrected chi connectivity index (χ3v) is 5.55. The molecular weight excluding hydrogens is 268 g/mol. The zero-order valence-electron chi connectivity index (χ0n) is 13.7. The number of rotatable bonds is 3. The molecule has 1 N–H and O–H groups in total. The fraction of sp³-hybridized carbons (Fsp3) is 0.800. The summed E-state index contributed by atoms with van der Waals surface area (Å²) in [7, 11) is 2.01. The summed E-state index contributed by atoms with van der Waals surface area (Å²) in [5, 5.41) is 4.50. The third kappa shape index (κ3) is 3.32. The highest BCUT2D eigenvalue weighted by Crippen LogP contribution is 2.31. The Bertz CT molecular complexity index is 441. The second kappa shape index (κ2) is 6.00. The van der Waals surface area contributed by atoms with Gasteiger partial charge in [0.2, 0.25) is 0 Å². The van der Waals surface area contributed by atoms with Crippen LogP contribution >= 0.6 is 11.3 Å². The largest absolute Gasteiger partial charge is 0.346 e. The summed E-state index contributed by atoms with van der Waals surface area (Å²) in [6.45, 7) is 15.6. The molecule has 114 valence electrons. The minimum atomic E-state index is 0.274. The van der Waals surface area contributed by atoms with Crippen molar-refractivity contribution < 1.29 is 0 Å². The first-order chi connectivity index (χ1) is 9.32. The molecule has 0 amide bonds. The van der Waals surface area contributed by atoms with Gasteiger partial charge < -0.3 is 10.2 Å². The quantitative estimate of drug-likeness (QED) is 0.929. The predicted molar refractivity (Wildman–Crippen MR) is 87.9 cm³/mol. The van der Waals surface area contributed by atoms with Crippen molar-refractivity contribution in [3.8, 4) is 0 Å². The molecule has 2 heterocycles. The van der Waals surface area contributed by atoms with Gasteiger partial charge in [-0.25, -0.2) is 4.98 Å². The van der Waals surface area contributed by atoms with Crippen molar-refractivity contribution in [2.24, 2.45) is 0 Å². The van der Waals surface area contributed by atoms with Crippen LogP contribution in [0.1, 0.15) is 44.3 Å². The van der Waals surface area contributed by atoms with Crippen LogP contribution in [0.4, 0.5) is 5.13 Å². The molecule has 20 heavy (non-hydrogen) atoms. The number of hydrogen-bond donors (Lipinski definition) is 1. The van der Waals surface area contributed by atoms with E-state index in [-0.39, 0.29) is 5.54 Å².